The Labute approximate surface area is 115 Å². The van der Waals surface area contributed by atoms with Gasteiger partial charge in [-0.1, -0.05) is 6.07 Å². The molecule has 2 aromatic rings. The van der Waals surface area contributed by atoms with Crippen LogP contribution in [-0.2, 0) is 0 Å². The molecule has 0 unspecified atom stereocenters. The predicted molar refractivity (Wildman–Crippen MR) is 74.2 cm³/mol. The number of phenols is 1. The van der Waals surface area contributed by atoms with E-state index in [1.807, 2.05) is 0 Å². The Hall–Kier alpha value is -2.82. The quantitative estimate of drug-likeness (QED) is 0.801. The van der Waals surface area contributed by atoms with Gasteiger partial charge in [-0.05, 0) is 48.9 Å². The Morgan fingerprint density at radius 1 is 1.10 bits per heavy atom. The van der Waals surface area contributed by atoms with Gasteiger partial charge in [-0.2, -0.15) is 0 Å². The normalized spacial score (nSPS) is 10.1. The van der Waals surface area contributed by atoms with E-state index in [4.69, 9.17) is 5.11 Å². The third kappa shape index (κ3) is 2.95. The number of hydrogen-bond acceptors (Lipinski definition) is 3. The second-order valence-corrected chi connectivity index (χ2v) is 4.34. The summed E-state index contributed by atoms with van der Waals surface area (Å²) >= 11 is 0. The monoisotopic (exact) mass is 271 g/mol. The lowest BCUT2D eigenvalue weighted by atomic mass is 10.1. The third-order valence-electron chi connectivity index (χ3n) is 2.82. The molecule has 2 rings (SSSR count). The molecule has 0 spiro atoms. The van der Waals surface area contributed by atoms with Crippen LogP contribution in [0.3, 0.4) is 0 Å². The third-order valence-corrected chi connectivity index (χ3v) is 2.82. The standard InChI is InChI=1S/C15H13NO4/c1-9-7-12(17)5-6-13(9)14(18)16-11-4-2-3-10(8-11)15(19)20/h2-8,17H,1H3,(H,16,18)(H,19,20). The second-order valence-electron chi connectivity index (χ2n) is 4.34. The first-order valence-electron chi connectivity index (χ1n) is 5.91. The van der Waals surface area contributed by atoms with Crippen molar-refractivity contribution in [3.8, 4) is 5.75 Å². The predicted octanol–water partition coefficient (Wildman–Crippen LogP) is 2.65. The fourth-order valence-corrected chi connectivity index (χ4v) is 1.83. The molecule has 102 valence electrons. The molecule has 0 saturated carbocycles. The van der Waals surface area contributed by atoms with Crippen molar-refractivity contribution in [2.45, 2.75) is 6.92 Å². The van der Waals surface area contributed by atoms with E-state index in [1.54, 1.807) is 19.1 Å². The van der Waals surface area contributed by atoms with Crippen LogP contribution in [0.2, 0.25) is 0 Å². The van der Waals surface area contributed by atoms with Gasteiger partial charge in [-0.25, -0.2) is 4.79 Å². The fraction of sp³-hybridized carbons (Fsp3) is 0.0667. The van der Waals surface area contributed by atoms with Crippen LogP contribution in [0.4, 0.5) is 5.69 Å². The minimum Gasteiger partial charge on any atom is -0.508 e. The number of aryl methyl sites for hydroxylation is 1. The molecule has 0 atom stereocenters. The molecule has 1 amide bonds. The van der Waals surface area contributed by atoms with Crippen molar-refractivity contribution >= 4 is 17.6 Å². The molecule has 0 aliphatic carbocycles. The molecule has 0 saturated heterocycles. The molecule has 0 aliphatic rings. The highest BCUT2D eigenvalue weighted by Gasteiger charge is 2.11. The molecular formula is C15H13NO4. The fourth-order valence-electron chi connectivity index (χ4n) is 1.83. The van der Waals surface area contributed by atoms with E-state index in [0.717, 1.165) is 0 Å². The maximum atomic E-state index is 12.1. The van der Waals surface area contributed by atoms with E-state index in [1.165, 1.54) is 30.3 Å². The number of anilines is 1. The molecular weight excluding hydrogens is 258 g/mol. The number of amides is 1. The lowest BCUT2D eigenvalue weighted by Gasteiger charge is -2.08. The van der Waals surface area contributed by atoms with E-state index in [-0.39, 0.29) is 17.2 Å². The number of rotatable bonds is 3. The Balaban J connectivity index is 2.23. The van der Waals surface area contributed by atoms with Gasteiger partial charge in [0.2, 0.25) is 0 Å². The number of benzene rings is 2. The van der Waals surface area contributed by atoms with Crippen molar-refractivity contribution in [1.29, 1.82) is 0 Å². The molecule has 0 fully saturated rings. The summed E-state index contributed by atoms with van der Waals surface area (Å²) < 4.78 is 0. The van der Waals surface area contributed by atoms with Crippen molar-refractivity contribution < 1.29 is 19.8 Å². The summed E-state index contributed by atoms with van der Waals surface area (Å²) in [4.78, 5) is 22.9. The van der Waals surface area contributed by atoms with Crippen molar-refractivity contribution in [3.63, 3.8) is 0 Å². The highest BCUT2D eigenvalue weighted by Crippen LogP contribution is 2.18. The highest BCUT2D eigenvalue weighted by atomic mass is 16.4. The van der Waals surface area contributed by atoms with E-state index >= 15 is 0 Å². The lowest BCUT2D eigenvalue weighted by molar-refractivity contribution is 0.0696. The molecule has 0 aliphatic heterocycles. The Bertz CT molecular complexity index is 679. The molecule has 5 heteroatoms. The number of carboxylic acid groups (broad SMARTS) is 1. The average molecular weight is 271 g/mol. The van der Waals surface area contributed by atoms with Gasteiger partial charge < -0.3 is 15.5 Å². The summed E-state index contributed by atoms with van der Waals surface area (Å²) in [6, 6.07) is 10.4. The molecule has 0 heterocycles. The molecule has 3 N–H and O–H groups in total. The number of carbonyl (C=O) groups excluding carboxylic acids is 1. The summed E-state index contributed by atoms with van der Waals surface area (Å²) in [6.07, 6.45) is 0. The summed E-state index contributed by atoms with van der Waals surface area (Å²) in [5.74, 6) is -1.32. The zero-order valence-electron chi connectivity index (χ0n) is 10.8. The van der Waals surface area contributed by atoms with E-state index in [2.05, 4.69) is 5.32 Å². The second kappa shape index (κ2) is 5.44. The zero-order valence-corrected chi connectivity index (χ0v) is 10.8. The van der Waals surface area contributed by atoms with Gasteiger partial charge in [0.25, 0.3) is 5.91 Å². The number of aromatic hydroxyl groups is 1. The first-order valence-corrected chi connectivity index (χ1v) is 5.91. The Kier molecular flexibility index (Phi) is 3.70. The molecule has 20 heavy (non-hydrogen) atoms. The lowest BCUT2D eigenvalue weighted by Crippen LogP contribution is -2.13. The van der Waals surface area contributed by atoms with Gasteiger partial charge in [0.1, 0.15) is 5.75 Å². The van der Waals surface area contributed by atoms with E-state index in [9.17, 15) is 14.7 Å². The van der Waals surface area contributed by atoms with Crippen molar-refractivity contribution in [2.24, 2.45) is 0 Å². The topological polar surface area (TPSA) is 86.6 Å². The number of carbonyl (C=O) groups is 2. The largest absolute Gasteiger partial charge is 0.508 e. The van der Waals surface area contributed by atoms with Gasteiger partial charge in [0.05, 0.1) is 5.56 Å². The maximum Gasteiger partial charge on any atom is 0.335 e. The zero-order chi connectivity index (χ0) is 14.7. The number of nitrogens with one attached hydrogen (secondary N) is 1. The molecule has 0 radical (unpaired) electrons. The number of phenolic OH excluding ortho intramolecular Hbond substituents is 1. The Morgan fingerprint density at radius 2 is 1.85 bits per heavy atom. The summed E-state index contributed by atoms with van der Waals surface area (Å²) in [6.45, 7) is 1.71. The molecule has 5 nitrogen and oxygen atoms in total. The van der Waals surface area contributed by atoms with Crippen molar-refractivity contribution in [1.82, 2.24) is 0 Å². The first-order chi connectivity index (χ1) is 9.47. The number of carboxylic acids is 1. The molecule has 0 bridgehead atoms. The van der Waals surface area contributed by atoms with Crippen LogP contribution < -0.4 is 5.32 Å². The van der Waals surface area contributed by atoms with Gasteiger partial charge in [0.15, 0.2) is 0 Å². The Morgan fingerprint density at radius 3 is 2.50 bits per heavy atom. The average Bonchev–Trinajstić information content (AvgIpc) is 2.38. The van der Waals surface area contributed by atoms with Crippen LogP contribution in [0.1, 0.15) is 26.3 Å². The summed E-state index contributed by atoms with van der Waals surface area (Å²) in [5, 5.41) is 20.8. The van der Waals surface area contributed by atoms with E-state index < -0.39 is 5.97 Å². The van der Waals surface area contributed by atoms with Crippen LogP contribution in [0.25, 0.3) is 0 Å². The van der Waals surface area contributed by atoms with Crippen LogP contribution >= 0.6 is 0 Å². The molecule has 2 aromatic carbocycles. The first kappa shape index (κ1) is 13.6. The van der Waals surface area contributed by atoms with Gasteiger partial charge in [0, 0.05) is 11.3 Å². The van der Waals surface area contributed by atoms with Crippen LogP contribution in [0.5, 0.6) is 5.75 Å². The van der Waals surface area contributed by atoms with Crippen molar-refractivity contribution in [2.75, 3.05) is 5.32 Å². The number of aromatic carboxylic acids is 1. The van der Waals surface area contributed by atoms with Gasteiger partial charge >= 0.3 is 5.97 Å². The SMILES string of the molecule is Cc1cc(O)ccc1C(=O)Nc1cccc(C(=O)O)c1. The molecule has 0 aromatic heterocycles. The van der Waals surface area contributed by atoms with Gasteiger partial charge in [-0.3, -0.25) is 4.79 Å². The smallest absolute Gasteiger partial charge is 0.335 e. The van der Waals surface area contributed by atoms with Crippen LogP contribution in [-0.4, -0.2) is 22.1 Å². The summed E-state index contributed by atoms with van der Waals surface area (Å²) in [7, 11) is 0. The number of hydrogen-bond donors (Lipinski definition) is 3. The van der Waals surface area contributed by atoms with Crippen LogP contribution in [0, 0.1) is 6.92 Å². The van der Waals surface area contributed by atoms with Gasteiger partial charge in [-0.15, -0.1) is 0 Å². The highest BCUT2D eigenvalue weighted by molar-refractivity contribution is 6.05. The van der Waals surface area contributed by atoms with E-state index in [0.29, 0.717) is 16.8 Å². The van der Waals surface area contributed by atoms with Crippen molar-refractivity contribution in [3.05, 3.63) is 59.2 Å². The maximum absolute atomic E-state index is 12.1. The summed E-state index contributed by atoms with van der Waals surface area (Å²) in [5.41, 5.74) is 1.56. The van der Waals surface area contributed by atoms with Crippen LogP contribution in [0.15, 0.2) is 42.5 Å². The minimum atomic E-state index is -1.05. The minimum absolute atomic E-state index is 0.0897.